The van der Waals surface area contributed by atoms with Gasteiger partial charge >= 0.3 is 11.9 Å². The van der Waals surface area contributed by atoms with E-state index in [1.165, 1.54) is 7.11 Å². The van der Waals surface area contributed by atoms with Gasteiger partial charge in [-0.15, -0.1) is 0 Å². The zero-order chi connectivity index (χ0) is 32.2. The molecule has 4 fully saturated rings. The molecule has 2 spiro atoms. The number of methoxy groups -OCH3 is 1. The summed E-state index contributed by atoms with van der Waals surface area (Å²) in [6.07, 6.45) is -0.628. The van der Waals surface area contributed by atoms with Crippen LogP contribution in [-0.2, 0) is 38.1 Å². The molecule has 0 unspecified atom stereocenters. The lowest BCUT2D eigenvalue weighted by atomic mass is 9.43. The van der Waals surface area contributed by atoms with E-state index in [9.17, 15) is 19.2 Å². The maximum atomic E-state index is 14.5. The monoisotopic (exact) mass is 638 g/mol. The van der Waals surface area contributed by atoms with Gasteiger partial charge in [-0.05, 0) is 27.5 Å². The van der Waals surface area contributed by atoms with Crippen molar-refractivity contribution in [2.45, 2.75) is 50.5 Å². The van der Waals surface area contributed by atoms with Gasteiger partial charge in [-0.3, -0.25) is 19.2 Å². The number of ether oxygens (including phenoxy) is 4. The highest BCUT2D eigenvalue weighted by molar-refractivity contribution is 7.11. The van der Waals surface area contributed by atoms with Crippen LogP contribution in [0.25, 0.3) is 0 Å². The lowest BCUT2D eigenvalue weighted by molar-refractivity contribution is -0.274. The number of hydrogen-bond acceptors (Lipinski definition) is 8. The largest absolute Gasteiger partial charge is 0.468 e. The number of ketones is 2. The average molecular weight is 639 g/mol. The molecule has 0 radical (unpaired) electrons. The topological polar surface area (TPSA) is 105 Å². The van der Waals surface area contributed by atoms with E-state index in [-0.39, 0.29) is 50.5 Å². The number of rotatable bonds is 6. The van der Waals surface area contributed by atoms with Gasteiger partial charge in [0.05, 0.1) is 26.2 Å². The first-order valence-electron chi connectivity index (χ1n) is 16.1. The van der Waals surface area contributed by atoms with Crippen molar-refractivity contribution in [1.82, 2.24) is 0 Å². The third kappa shape index (κ3) is 4.17. The van der Waals surface area contributed by atoms with Crippen molar-refractivity contribution in [1.29, 1.82) is 0 Å². The van der Waals surface area contributed by atoms with Crippen molar-refractivity contribution >= 4 is 47.1 Å². The van der Waals surface area contributed by atoms with Crippen LogP contribution in [-0.4, -0.2) is 63.8 Å². The third-order valence-electron chi connectivity index (χ3n) is 11.1. The number of Topliss-reactive ketones (excluding diaryl/α,β-unsaturated/α-hetero) is 2. The molecule has 9 heteroatoms. The smallest absolute Gasteiger partial charge is 0.320 e. The second kappa shape index (κ2) is 11.4. The first kappa shape index (κ1) is 30.7. The molecule has 4 aliphatic rings. The standard InChI is InChI=1S/C37H38O8Si/c1-25-22-31(39)35(32-36(43-20-21-44-36)19-18-30(38)37(25,32)34(41)42-2)23-26(45-33(35)40)24-46(27-12-6-3-7-13-27,28-14-8-4-9-15-28)29-16-10-5-11-17-29/h3-17,25-26,32H,18-24H2,1-2H3/t25-,26+,32+,35+,37+/m0/s1. The van der Waals surface area contributed by atoms with Gasteiger partial charge in [-0.25, -0.2) is 0 Å². The minimum atomic E-state index is -2.89. The van der Waals surface area contributed by atoms with E-state index >= 15 is 0 Å². The number of fused-ring (bicyclic) bond motifs is 3. The van der Waals surface area contributed by atoms with Gasteiger partial charge < -0.3 is 18.9 Å². The van der Waals surface area contributed by atoms with Crippen LogP contribution in [0, 0.1) is 22.7 Å². The predicted octanol–water partition coefficient (Wildman–Crippen LogP) is 2.95. The molecule has 0 aromatic heterocycles. The normalized spacial score (nSPS) is 30.3. The number of esters is 2. The van der Waals surface area contributed by atoms with Crippen molar-refractivity contribution in [3.05, 3.63) is 91.0 Å². The number of cyclic esters (lactones) is 1. The minimum Gasteiger partial charge on any atom is -0.468 e. The maximum absolute atomic E-state index is 14.5. The Kier molecular flexibility index (Phi) is 7.61. The highest BCUT2D eigenvalue weighted by Crippen LogP contribution is 2.66. The predicted molar refractivity (Wildman–Crippen MR) is 171 cm³/mol. The van der Waals surface area contributed by atoms with E-state index in [0.717, 1.165) is 15.6 Å². The molecule has 0 bridgehead atoms. The van der Waals surface area contributed by atoms with E-state index < -0.39 is 54.6 Å². The van der Waals surface area contributed by atoms with Gasteiger partial charge in [0.1, 0.15) is 16.9 Å². The van der Waals surface area contributed by atoms with Crippen LogP contribution in [0.3, 0.4) is 0 Å². The van der Waals surface area contributed by atoms with Crippen molar-refractivity contribution in [2.75, 3.05) is 20.3 Å². The summed E-state index contributed by atoms with van der Waals surface area (Å²) in [6.45, 7) is 2.17. The molecular formula is C37H38O8Si. The maximum Gasteiger partial charge on any atom is 0.320 e. The van der Waals surface area contributed by atoms with E-state index in [1.54, 1.807) is 6.92 Å². The quantitative estimate of drug-likeness (QED) is 0.176. The molecule has 2 aliphatic heterocycles. The van der Waals surface area contributed by atoms with Crippen LogP contribution >= 0.6 is 0 Å². The van der Waals surface area contributed by atoms with Gasteiger partial charge in [-0.2, -0.15) is 0 Å². The van der Waals surface area contributed by atoms with Gasteiger partial charge in [0.25, 0.3) is 0 Å². The molecule has 2 saturated heterocycles. The molecule has 5 atom stereocenters. The Morgan fingerprint density at radius 1 is 0.826 bits per heavy atom. The number of carbonyl (C=O) groups excluding carboxylic acids is 4. The number of hydrogen-bond donors (Lipinski definition) is 0. The molecule has 7 rings (SSSR count). The number of carbonyl (C=O) groups is 4. The molecule has 2 aliphatic carbocycles. The molecule has 46 heavy (non-hydrogen) atoms. The van der Waals surface area contributed by atoms with Gasteiger partial charge in [-0.1, -0.05) is 97.9 Å². The van der Waals surface area contributed by atoms with Crippen molar-refractivity contribution in [2.24, 2.45) is 22.7 Å². The van der Waals surface area contributed by atoms with Crippen LogP contribution in [0.5, 0.6) is 0 Å². The Morgan fingerprint density at radius 3 is 1.85 bits per heavy atom. The summed E-state index contributed by atoms with van der Waals surface area (Å²) in [7, 11) is -1.65. The fourth-order valence-corrected chi connectivity index (χ4v) is 14.2. The highest BCUT2D eigenvalue weighted by atomic mass is 28.3. The molecule has 238 valence electrons. The lowest BCUT2D eigenvalue weighted by Gasteiger charge is -2.58. The Balaban J connectivity index is 1.40. The summed E-state index contributed by atoms with van der Waals surface area (Å²) >= 11 is 0. The summed E-state index contributed by atoms with van der Waals surface area (Å²) in [5, 5.41) is 3.43. The fourth-order valence-electron chi connectivity index (χ4n) is 9.32. The Labute approximate surface area is 269 Å². The second-order valence-electron chi connectivity index (χ2n) is 13.2. The van der Waals surface area contributed by atoms with Crippen LogP contribution in [0.1, 0.15) is 32.6 Å². The Hall–Kier alpha value is -3.92. The first-order chi connectivity index (χ1) is 22.3. The summed E-state index contributed by atoms with van der Waals surface area (Å²) in [6, 6.07) is 31.3. The van der Waals surface area contributed by atoms with Crippen LogP contribution in [0.4, 0.5) is 0 Å². The SMILES string of the molecule is COC(=O)[C@]12C(=O)CCC3(OCCO3)[C@H]1[C@@]1(C[C@H](C[Si](c3ccccc3)(c3ccccc3)c3ccccc3)OC1=O)C(=O)C[C@@H]2C. The van der Waals surface area contributed by atoms with Gasteiger partial charge in [0, 0.05) is 25.7 Å². The first-order valence-corrected chi connectivity index (χ1v) is 18.3. The zero-order valence-electron chi connectivity index (χ0n) is 26.1. The summed E-state index contributed by atoms with van der Waals surface area (Å²) in [4.78, 5) is 56.9. The van der Waals surface area contributed by atoms with Gasteiger partial charge in [0.2, 0.25) is 0 Å². The van der Waals surface area contributed by atoms with Gasteiger partial charge in [0.15, 0.2) is 25.4 Å². The number of benzene rings is 3. The third-order valence-corrected chi connectivity index (χ3v) is 16.2. The summed E-state index contributed by atoms with van der Waals surface area (Å²) < 4.78 is 24.2. The Bertz CT molecular complexity index is 1550. The van der Waals surface area contributed by atoms with Crippen LogP contribution < -0.4 is 15.6 Å². The molecule has 0 amide bonds. The average Bonchev–Trinajstić information content (AvgIpc) is 3.69. The lowest BCUT2D eigenvalue weighted by Crippen LogP contribution is -2.72. The molecule has 2 saturated carbocycles. The van der Waals surface area contributed by atoms with Crippen LogP contribution in [0.2, 0.25) is 6.04 Å². The molecule has 0 N–H and O–H groups in total. The second-order valence-corrected chi connectivity index (χ2v) is 17.1. The molecular weight excluding hydrogens is 600 g/mol. The Morgan fingerprint density at radius 2 is 1.35 bits per heavy atom. The van der Waals surface area contributed by atoms with Crippen molar-refractivity contribution in [3.63, 3.8) is 0 Å². The van der Waals surface area contributed by atoms with Crippen molar-refractivity contribution in [3.8, 4) is 0 Å². The minimum absolute atomic E-state index is 0.0177. The van der Waals surface area contributed by atoms with E-state index in [0.29, 0.717) is 6.04 Å². The molecule has 3 aromatic rings. The summed E-state index contributed by atoms with van der Waals surface area (Å²) in [5.41, 5.74) is -3.60. The van der Waals surface area contributed by atoms with Crippen LogP contribution in [0.15, 0.2) is 91.0 Å². The van der Waals surface area contributed by atoms with Crippen molar-refractivity contribution < 1.29 is 38.1 Å². The van der Waals surface area contributed by atoms with E-state index in [4.69, 9.17) is 18.9 Å². The molecule has 3 aromatic carbocycles. The zero-order valence-corrected chi connectivity index (χ0v) is 27.1. The van der Waals surface area contributed by atoms with E-state index in [1.807, 2.05) is 54.6 Å². The summed E-state index contributed by atoms with van der Waals surface area (Å²) in [5.74, 6) is -5.52. The fraction of sp³-hybridized carbons (Fsp3) is 0.405. The molecule has 8 nitrogen and oxygen atoms in total. The molecule has 2 heterocycles. The van der Waals surface area contributed by atoms with E-state index in [2.05, 4.69) is 36.4 Å². The highest BCUT2D eigenvalue weighted by Gasteiger charge is 2.80.